The number of halogens is 2. The third-order valence-corrected chi connectivity index (χ3v) is 3.23. The van der Waals surface area contributed by atoms with Crippen molar-refractivity contribution < 1.29 is 0 Å². The SMILES string of the molecule is ClC(NC(Cl)c1ccccc1)c1ccccc1. The number of hydrogen-bond donors (Lipinski definition) is 1. The van der Waals surface area contributed by atoms with E-state index >= 15 is 0 Å². The van der Waals surface area contributed by atoms with Crippen molar-refractivity contribution in [2.45, 2.75) is 11.0 Å². The first-order valence-electron chi connectivity index (χ1n) is 5.41. The average Bonchev–Trinajstić information content (AvgIpc) is 2.40. The van der Waals surface area contributed by atoms with Gasteiger partial charge in [0.1, 0.15) is 11.0 Å². The lowest BCUT2D eigenvalue weighted by molar-refractivity contribution is 0.647. The molecule has 0 saturated heterocycles. The van der Waals surface area contributed by atoms with E-state index in [0.29, 0.717) is 0 Å². The number of benzene rings is 2. The third-order valence-electron chi connectivity index (χ3n) is 2.48. The fourth-order valence-electron chi connectivity index (χ4n) is 1.56. The van der Waals surface area contributed by atoms with Gasteiger partial charge in [-0.05, 0) is 11.1 Å². The molecule has 0 heterocycles. The Bertz CT molecular complexity index is 401. The van der Waals surface area contributed by atoms with E-state index in [1.54, 1.807) is 0 Å². The predicted octanol–water partition coefficient (Wildman–Crippen LogP) is 4.45. The summed E-state index contributed by atoms with van der Waals surface area (Å²) < 4.78 is 0. The summed E-state index contributed by atoms with van der Waals surface area (Å²) in [6.07, 6.45) is 0. The van der Waals surface area contributed by atoms with Crippen molar-refractivity contribution in [3.8, 4) is 0 Å². The van der Waals surface area contributed by atoms with Crippen molar-refractivity contribution in [1.29, 1.82) is 0 Å². The Labute approximate surface area is 111 Å². The molecule has 88 valence electrons. The van der Waals surface area contributed by atoms with Gasteiger partial charge in [0.25, 0.3) is 0 Å². The van der Waals surface area contributed by atoms with Crippen LogP contribution in [0.15, 0.2) is 60.7 Å². The molecule has 17 heavy (non-hydrogen) atoms. The highest BCUT2D eigenvalue weighted by molar-refractivity contribution is 6.23. The molecule has 2 aromatic rings. The lowest BCUT2D eigenvalue weighted by Gasteiger charge is -2.17. The van der Waals surface area contributed by atoms with Crippen LogP contribution in [0.1, 0.15) is 22.1 Å². The predicted molar refractivity (Wildman–Crippen MR) is 73.2 cm³/mol. The maximum atomic E-state index is 6.26. The van der Waals surface area contributed by atoms with Crippen molar-refractivity contribution >= 4 is 23.2 Å². The molecule has 0 aromatic heterocycles. The van der Waals surface area contributed by atoms with Gasteiger partial charge in [0.05, 0.1) is 0 Å². The van der Waals surface area contributed by atoms with Crippen molar-refractivity contribution in [2.24, 2.45) is 0 Å². The van der Waals surface area contributed by atoms with Crippen LogP contribution in [-0.2, 0) is 0 Å². The van der Waals surface area contributed by atoms with E-state index in [-0.39, 0.29) is 11.0 Å². The van der Waals surface area contributed by atoms with Gasteiger partial charge in [0, 0.05) is 0 Å². The summed E-state index contributed by atoms with van der Waals surface area (Å²) in [5.41, 5.74) is 1.43. The second-order valence-electron chi connectivity index (χ2n) is 3.71. The molecule has 2 unspecified atom stereocenters. The highest BCUT2D eigenvalue weighted by Crippen LogP contribution is 2.24. The fourth-order valence-corrected chi connectivity index (χ4v) is 2.17. The monoisotopic (exact) mass is 265 g/mol. The molecule has 1 N–H and O–H groups in total. The highest BCUT2D eigenvalue weighted by atomic mass is 35.5. The van der Waals surface area contributed by atoms with Crippen LogP contribution in [0.4, 0.5) is 0 Å². The molecular formula is C14H13Cl2N. The molecule has 2 rings (SSSR count). The summed E-state index contributed by atoms with van der Waals surface area (Å²) in [6, 6.07) is 19.6. The number of hydrogen-bond acceptors (Lipinski definition) is 1. The van der Waals surface area contributed by atoms with Gasteiger partial charge >= 0.3 is 0 Å². The summed E-state index contributed by atoms with van der Waals surface area (Å²) >= 11 is 12.5. The maximum absolute atomic E-state index is 6.26. The van der Waals surface area contributed by atoms with E-state index in [0.717, 1.165) is 11.1 Å². The first-order valence-corrected chi connectivity index (χ1v) is 6.29. The summed E-state index contributed by atoms with van der Waals surface area (Å²) in [5, 5.41) is 3.14. The Morgan fingerprint density at radius 2 is 1.00 bits per heavy atom. The molecule has 0 aliphatic heterocycles. The van der Waals surface area contributed by atoms with Gasteiger partial charge in [0.2, 0.25) is 0 Å². The van der Waals surface area contributed by atoms with Crippen LogP contribution in [0.5, 0.6) is 0 Å². The number of nitrogens with one attached hydrogen (secondary N) is 1. The minimum Gasteiger partial charge on any atom is -0.278 e. The van der Waals surface area contributed by atoms with Crippen molar-refractivity contribution in [3.63, 3.8) is 0 Å². The van der Waals surface area contributed by atoms with Gasteiger partial charge in [-0.15, -0.1) is 23.2 Å². The summed E-state index contributed by atoms with van der Waals surface area (Å²) in [4.78, 5) is 0. The molecule has 3 heteroatoms. The van der Waals surface area contributed by atoms with E-state index in [9.17, 15) is 0 Å². The quantitative estimate of drug-likeness (QED) is 0.636. The Morgan fingerprint density at radius 3 is 1.35 bits per heavy atom. The van der Waals surface area contributed by atoms with Crippen LogP contribution >= 0.6 is 23.2 Å². The van der Waals surface area contributed by atoms with Crippen LogP contribution < -0.4 is 5.32 Å². The Morgan fingerprint density at radius 1 is 0.647 bits per heavy atom. The summed E-state index contributed by atoms with van der Waals surface area (Å²) in [5.74, 6) is 0. The van der Waals surface area contributed by atoms with Crippen molar-refractivity contribution in [3.05, 3.63) is 71.8 Å². The minimum absolute atomic E-state index is 0.293. The van der Waals surface area contributed by atoms with Gasteiger partial charge in [-0.25, -0.2) is 0 Å². The topological polar surface area (TPSA) is 12.0 Å². The van der Waals surface area contributed by atoms with Gasteiger partial charge < -0.3 is 0 Å². The number of alkyl halides is 2. The summed E-state index contributed by atoms with van der Waals surface area (Å²) in [7, 11) is 0. The van der Waals surface area contributed by atoms with Crippen LogP contribution in [0.2, 0.25) is 0 Å². The standard InChI is InChI=1S/C14H13Cl2N/c15-13(11-7-3-1-4-8-11)17-14(16)12-9-5-2-6-10-12/h1-10,13-14,17H. The van der Waals surface area contributed by atoms with Crippen molar-refractivity contribution in [2.75, 3.05) is 0 Å². The third kappa shape index (κ3) is 3.47. The molecule has 0 radical (unpaired) electrons. The smallest absolute Gasteiger partial charge is 0.110 e. The zero-order valence-corrected chi connectivity index (χ0v) is 10.7. The van der Waals surface area contributed by atoms with E-state index in [1.807, 2.05) is 60.7 Å². The molecule has 0 bridgehead atoms. The molecule has 2 aromatic carbocycles. The van der Waals surface area contributed by atoms with Gasteiger partial charge in [-0.1, -0.05) is 60.7 Å². The zero-order valence-electron chi connectivity index (χ0n) is 9.18. The molecular weight excluding hydrogens is 253 g/mol. The van der Waals surface area contributed by atoms with Crippen LogP contribution in [0, 0.1) is 0 Å². The Kier molecular flexibility index (Phi) is 4.43. The molecule has 0 amide bonds. The van der Waals surface area contributed by atoms with Crippen molar-refractivity contribution in [1.82, 2.24) is 5.32 Å². The average molecular weight is 266 g/mol. The first kappa shape index (κ1) is 12.4. The molecule has 2 atom stereocenters. The fraction of sp³-hybridized carbons (Fsp3) is 0.143. The van der Waals surface area contributed by atoms with E-state index in [4.69, 9.17) is 23.2 Å². The largest absolute Gasteiger partial charge is 0.278 e. The first-order chi connectivity index (χ1) is 8.27. The maximum Gasteiger partial charge on any atom is 0.110 e. The molecule has 0 fully saturated rings. The van der Waals surface area contributed by atoms with E-state index in [2.05, 4.69) is 5.32 Å². The normalized spacial score (nSPS) is 14.2. The van der Waals surface area contributed by atoms with Crippen LogP contribution in [0.25, 0.3) is 0 Å². The molecule has 0 spiro atoms. The highest BCUT2D eigenvalue weighted by Gasteiger charge is 2.13. The lowest BCUT2D eigenvalue weighted by Crippen LogP contribution is -2.19. The molecule has 0 aliphatic carbocycles. The second kappa shape index (κ2) is 6.06. The second-order valence-corrected chi connectivity index (χ2v) is 4.59. The summed E-state index contributed by atoms with van der Waals surface area (Å²) in [6.45, 7) is 0. The van der Waals surface area contributed by atoms with Gasteiger partial charge in [-0.2, -0.15) is 0 Å². The van der Waals surface area contributed by atoms with Crippen LogP contribution in [0.3, 0.4) is 0 Å². The zero-order chi connectivity index (χ0) is 12.1. The van der Waals surface area contributed by atoms with Gasteiger partial charge in [-0.3, -0.25) is 5.32 Å². The Hall–Kier alpha value is -1.02. The van der Waals surface area contributed by atoms with Gasteiger partial charge in [0.15, 0.2) is 0 Å². The molecule has 1 nitrogen and oxygen atoms in total. The minimum atomic E-state index is -0.293. The van der Waals surface area contributed by atoms with Crippen LogP contribution in [-0.4, -0.2) is 0 Å². The van der Waals surface area contributed by atoms with E-state index in [1.165, 1.54) is 0 Å². The number of rotatable bonds is 4. The Balaban J connectivity index is 2.02. The molecule has 0 saturated carbocycles. The van der Waals surface area contributed by atoms with E-state index < -0.39 is 0 Å². The lowest BCUT2D eigenvalue weighted by atomic mass is 10.2. The molecule has 0 aliphatic rings.